The van der Waals surface area contributed by atoms with Gasteiger partial charge in [-0.25, -0.2) is 0 Å². The van der Waals surface area contributed by atoms with Gasteiger partial charge in [-0.3, -0.25) is 0 Å². The largest absolute Gasteiger partial charge is 0.497 e. The Bertz CT molecular complexity index is 555. The summed E-state index contributed by atoms with van der Waals surface area (Å²) in [6.45, 7) is 0.495. The van der Waals surface area contributed by atoms with E-state index in [1.807, 2.05) is 18.2 Å². The van der Waals surface area contributed by atoms with Crippen LogP contribution >= 0.6 is 11.8 Å². The van der Waals surface area contributed by atoms with E-state index < -0.39 is 0 Å². The Hall–Kier alpha value is -1.65. The molecule has 0 aliphatic rings. The average molecular weight is 289 g/mol. The van der Waals surface area contributed by atoms with Crippen molar-refractivity contribution in [2.75, 3.05) is 14.2 Å². The predicted molar refractivity (Wildman–Crippen MR) is 83.4 cm³/mol. The van der Waals surface area contributed by atoms with Crippen LogP contribution in [0.4, 0.5) is 0 Å². The Labute approximate surface area is 124 Å². The summed E-state index contributed by atoms with van der Waals surface area (Å²) < 4.78 is 10.5. The average Bonchev–Trinajstić information content (AvgIpc) is 2.53. The molecule has 2 aromatic rings. The molecule has 2 N–H and O–H groups in total. The molecule has 0 heterocycles. The maximum Gasteiger partial charge on any atom is 0.123 e. The molecule has 0 aliphatic carbocycles. The fourth-order valence-electron chi connectivity index (χ4n) is 1.89. The highest BCUT2D eigenvalue weighted by atomic mass is 32.2. The lowest BCUT2D eigenvalue weighted by molar-refractivity contribution is 0.409. The fraction of sp³-hybridized carbons (Fsp3) is 0.250. The summed E-state index contributed by atoms with van der Waals surface area (Å²) in [6, 6.07) is 14.3. The second-order valence-corrected chi connectivity index (χ2v) is 5.36. The fourth-order valence-corrected chi connectivity index (χ4v) is 2.73. The second-order valence-electron chi connectivity index (χ2n) is 4.31. The molecule has 0 aliphatic heterocycles. The molecule has 0 aromatic heterocycles. The number of hydrogen-bond acceptors (Lipinski definition) is 4. The minimum absolute atomic E-state index is 0.495. The minimum Gasteiger partial charge on any atom is -0.497 e. The van der Waals surface area contributed by atoms with Crippen LogP contribution in [0.3, 0.4) is 0 Å². The predicted octanol–water partition coefficient (Wildman–Crippen LogP) is 3.45. The second kappa shape index (κ2) is 7.22. The van der Waals surface area contributed by atoms with Gasteiger partial charge in [0.15, 0.2) is 0 Å². The first-order valence-electron chi connectivity index (χ1n) is 6.39. The van der Waals surface area contributed by atoms with Crippen molar-refractivity contribution >= 4 is 11.8 Å². The van der Waals surface area contributed by atoms with E-state index in [1.165, 1.54) is 10.5 Å². The van der Waals surface area contributed by atoms with Gasteiger partial charge in [0.05, 0.1) is 14.2 Å². The van der Waals surface area contributed by atoms with Gasteiger partial charge >= 0.3 is 0 Å². The van der Waals surface area contributed by atoms with Gasteiger partial charge in [0, 0.05) is 22.8 Å². The lowest BCUT2D eigenvalue weighted by atomic mass is 10.1. The van der Waals surface area contributed by atoms with E-state index in [9.17, 15) is 0 Å². The Morgan fingerprint density at radius 2 is 1.75 bits per heavy atom. The van der Waals surface area contributed by atoms with Crippen molar-refractivity contribution in [3.63, 3.8) is 0 Å². The lowest BCUT2D eigenvalue weighted by Gasteiger charge is -2.09. The van der Waals surface area contributed by atoms with Crippen molar-refractivity contribution in [2.24, 2.45) is 5.73 Å². The quantitative estimate of drug-likeness (QED) is 0.827. The molecule has 2 rings (SSSR count). The van der Waals surface area contributed by atoms with Crippen molar-refractivity contribution in [1.29, 1.82) is 0 Å². The summed E-state index contributed by atoms with van der Waals surface area (Å²) >= 11 is 1.78. The first-order valence-corrected chi connectivity index (χ1v) is 7.38. The van der Waals surface area contributed by atoms with Crippen LogP contribution in [0.5, 0.6) is 11.5 Å². The molecule has 0 saturated heterocycles. The van der Waals surface area contributed by atoms with Crippen molar-refractivity contribution in [2.45, 2.75) is 17.2 Å². The maximum absolute atomic E-state index is 5.67. The van der Waals surface area contributed by atoms with E-state index >= 15 is 0 Å². The van der Waals surface area contributed by atoms with Crippen molar-refractivity contribution in [1.82, 2.24) is 0 Å². The van der Waals surface area contributed by atoms with E-state index in [0.717, 1.165) is 22.8 Å². The number of ether oxygens (including phenoxy) is 2. The van der Waals surface area contributed by atoms with Crippen LogP contribution in [0.25, 0.3) is 0 Å². The molecule has 3 nitrogen and oxygen atoms in total. The van der Waals surface area contributed by atoms with Gasteiger partial charge in [0.1, 0.15) is 11.5 Å². The molecule has 0 amide bonds. The van der Waals surface area contributed by atoms with Crippen LogP contribution < -0.4 is 15.2 Å². The zero-order chi connectivity index (χ0) is 14.4. The molecule has 2 aromatic carbocycles. The molecule has 0 radical (unpaired) electrons. The first-order chi connectivity index (χ1) is 9.76. The highest BCUT2D eigenvalue weighted by Crippen LogP contribution is 2.27. The highest BCUT2D eigenvalue weighted by molar-refractivity contribution is 7.98. The molecule has 0 unspecified atom stereocenters. The SMILES string of the molecule is COc1ccc(SCc2ccc(CN)c(OC)c2)cc1. The van der Waals surface area contributed by atoms with E-state index in [2.05, 4.69) is 24.3 Å². The smallest absolute Gasteiger partial charge is 0.123 e. The normalized spacial score (nSPS) is 10.3. The van der Waals surface area contributed by atoms with Gasteiger partial charge in [0.25, 0.3) is 0 Å². The van der Waals surface area contributed by atoms with Gasteiger partial charge in [-0.05, 0) is 35.9 Å². The van der Waals surface area contributed by atoms with E-state index in [4.69, 9.17) is 15.2 Å². The third kappa shape index (κ3) is 3.68. The number of hydrogen-bond donors (Lipinski definition) is 1. The number of benzene rings is 2. The molecular formula is C16H19NO2S. The first kappa shape index (κ1) is 14.8. The number of rotatable bonds is 6. The van der Waals surface area contributed by atoms with E-state index in [1.54, 1.807) is 26.0 Å². The summed E-state index contributed by atoms with van der Waals surface area (Å²) in [7, 11) is 3.35. The molecule has 0 saturated carbocycles. The molecule has 0 fully saturated rings. The standard InChI is InChI=1S/C16H19NO2S/c1-18-14-5-7-15(8-6-14)20-11-12-3-4-13(10-17)16(9-12)19-2/h3-9H,10-11,17H2,1-2H3. The summed E-state index contributed by atoms with van der Waals surface area (Å²) in [6.07, 6.45) is 0. The molecule has 4 heteroatoms. The van der Waals surface area contributed by atoms with Gasteiger partial charge < -0.3 is 15.2 Å². The summed E-state index contributed by atoms with van der Waals surface area (Å²) in [5.41, 5.74) is 7.93. The zero-order valence-electron chi connectivity index (χ0n) is 11.8. The van der Waals surface area contributed by atoms with Crippen LogP contribution in [0, 0.1) is 0 Å². The molecule has 0 atom stereocenters. The lowest BCUT2D eigenvalue weighted by Crippen LogP contribution is -2.00. The molecular weight excluding hydrogens is 270 g/mol. The summed E-state index contributed by atoms with van der Waals surface area (Å²) in [4.78, 5) is 1.22. The third-order valence-corrected chi connectivity index (χ3v) is 4.12. The van der Waals surface area contributed by atoms with Crippen LogP contribution in [0.15, 0.2) is 47.4 Å². The number of methoxy groups -OCH3 is 2. The van der Waals surface area contributed by atoms with Gasteiger partial charge in [0.2, 0.25) is 0 Å². The van der Waals surface area contributed by atoms with Crippen molar-refractivity contribution < 1.29 is 9.47 Å². The summed E-state index contributed by atoms with van der Waals surface area (Å²) in [5, 5.41) is 0. The van der Waals surface area contributed by atoms with Gasteiger partial charge in [-0.15, -0.1) is 11.8 Å². The van der Waals surface area contributed by atoms with Crippen molar-refractivity contribution in [3.05, 3.63) is 53.6 Å². The Morgan fingerprint density at radius 3 is 2.35 bits per heavy atom. The number of nitrogens with two attached hydrogens (primary N) is 1. The van der Waals surface area contributed by atoms with Crippen LogP contribution in [0.2, 0.25) is 0 Å². The molecule has 20 heavy (non-hydrogen) atoms. The van der Waals surface area contributed by atoms with Crippen LogP contribution in [-0.2, 0) is 12.3 Å². The van der Waals surface area contributed by atoms with Gasteiger partial charge in [-0.2, -0.15) is 0 Å². The monoisotopic (exact) mass is 289 g/mol. The Morgan fingerprint density at radius 1 is 1.00 bits per heavy atom. The van der Waals surface area contributed by atoms with E-state index in [-0.39, 0.29) is 0 Å². The molecule has 0 bridgehead atoms. The van der Waals surface area contributed by atoms with Crippen molar-refractivity contribution in [3.8, 4) is 11.5 Å². The molecule has 0 spiro atoms. The third-order valence-electron chi connectivity index (χ3n) is 3.04. The number of thioether (sulfide) groups is 1. The molecule has 106 valence electrons. The summed E-state index contributed by atoms with van der Waals surface area (Å²) in [5.74, 6) is 2.64. The maximum atomic E-state index is 5.67. The topological polar surface area (TPSA) is 44.5 Å². The van der Waals surface area contributed by atoms with Crippen LogP contribution in [0.1, 0.15) is 11.1 Å². The van der Waals surface area contributed by atoms with Gasteiger partial charge in [-0.1, -0.05) is 12.1 Å². The Balaban J connectivity index is 2.02. The Kier molecular flexibility index (Phi) is 5.32. The van der Waals surface area contributed by atoms with Crippen LogP contribution in [-0.4, -0.2) is 14.2 Å². The van der Waals surface area contributed by atoms with E-state index in [0.29, 0.717) is 6.54 Å². The minimum atomic E-state index is 0.495. The highest BCUT2D eigenvalue weighted by Gasteiger charge is 2.04. The zero-order valence-corrected chi connectivity index (χ0v) is 12.6.